The molecule has 6 nitrogen and oxygen atoms in total. The summed E-state index contributed by atoms with van der Waals surface area (Å²) in [6.45, 7) is 11.8. The van der Waals surface area contributed by atoms with Crippen molar-refractivity contribution in [1.29, 1.82) is 0 Å². The number of aryl methyl sites for hydroxylation is 3. The number of aromatic hydroxyl groups is 1. The Morgan fingerprint density at radius 3 is 2.37 bits per heavy atom. The molecule has 3 aromatic rings. The fraction of sp³-hybridized carbons (Fsp3) is 0.381. The van der Waals surface area contributed by atoms with Crippen LogP contribution in [0.2, 0.25) is 0 Å². The number of pyridine rings is 1. The molecule has 27 heavy (non-hydrogen) atoms. The summed E-state index contributed by atoms with van der Waals surface area (Å²) >= 11 is 0. The van der Waals surface area contributed by atoms with Gasteiger partial charge in [-0.3, -0.25) is 0 Å². The van der Waals surface area contributed by atoms with Gasteiger partial charge >= 0.3 is 0 Å². The van der Waals surface area contributed by atoms with E-state index in [4.69, 9.17) is 4.52 Å². The Morgan fingerprint density at radius 2 is 1.70 bits per heavy atom. The lowest BCUT2D eigenvalue weighted by atomic mass is 10.0. The van der Waals surface area contributed by atoms with Crippen LogP contribution in [0.5, 0.6) is 5.75 Å². The summed E-state index contributed by atoms with van der Waals surface area (Å²) in [5, 5.41) is 14.3. The number of aromatic nitrogens is 3. The van der Waals surface area contributed by atoms with Crippen molar-refractivity contribution in [3.63, 3.8) is 0 Å². The molecular weight excluding hydrogens is 340 g/mol. The van der Waals surface area contributed by atoms with E-state index in [9.17, 15) is 5.11 Å². The smallest absolute Gasteiger partial charge is 0.258 e. The zero-order valence-corrected chi connectivity index (χ0v) is 16.6. The SMILES string of the molecule is CCc1cc(-c2nc(-c3cc(C)nc(N(CC)CC)c3)no2)cc(C)c1O. The van der Waals surface area contributed by atoms with Crippen LogP contribution in [0.15, 0.2) is 28.8 Å². The third kappa shape index (κ3) is 3.79. The second-order valence-electron chi connectivity index (χ2n) is 6.61. The van der Waals surface area contributed by atoms with Gasteiger partial charge in [0.1, 0.15) is 11.6 Å². The molecular formula is C21H26N4O2. The molecule has 0 saturated heterocycles. The minimum absolute atomic E-state index is 0.328. The van der Waals surface area contributed by atoms with Crippen molar-refractivity contribution in [2.75, 3.05) is 18.0 Å². The predicted molar refractivity (Wildman–Crippen MR) is 107 cm³/mol. The van der Waals surface area contributed by atoms with Crippen LogP contribution in [-0.4, -0.2) is 33.3 Å². The van der Waals surface area contributed by atoms with Gasteiger partial charge in [-0.15, -0.1) is 0 Å². The van der Waals surface area contributed by atoms with Crippen LogP contribution in [0.1, 0.15) is 37.6 Å². The number of anilines is 1. The second-order valence-corrected chi connectivity index (χ2v) is 6.61. The minimum Gasteiger partial charge on any atom is -0.507 e. The van der Waals surface area contributed by atoms with Crippen LogP contribution in [0.25, 0.3) is 22.8 Å². The van der Waals surface area contributed by atoms with E-state index in [1.165, 1.54) is 0 Å². The van der Waals surface area contributed by atoms with Gasteiger partial charge in [0.15, 0.2) is 0 Å². The first-order valence-electron chi connectivity index (χ1n) is 9.37. The fourth-order valence-corrected chi connectivity index (χ4v) is 3.19. The highest BCUT2D eigenvalue weighted by molar-refractivity contribution is 5.65. The van der Waals surface area contributed by atoms with Gasteiger partial charge in [-0.25, -0.2) is 4.98 Å². The summed E-state index contributed by atoms with van der Waals surface area (Å²) in [6.07, 6.45) is 0.734. The van der Waals surface area contributed by atoms with Crippen LogP contribution in [0.4, 0.5) is 5.82 Å². The van der Waals surface area contributed by atoms with Crippen LogP contribution >= 0.6 is 0 Å². The number of hydrogen-bond acceptors (Lipinski definition) is 6. The molecule has 0 aliphatic heterocycles. The van der Waals surface area contributed by atoms with E-state index in [-0.39, 0.29) is 0 Å². The zero-order chi connectivity index (χ0) is 19.6. The number of hydrogen-bond donors (Lipinski definition) is 1. The third-order valence-electron chi connectivity index (χ3n) is 4.72. The number of rotatable bonds is 6. The normalized spacial score (nSPS) is 11.0. The fourth-order valence-electron chi connectivity index (χ4n) is 3.19. The molecule has 6 heteroatoms. The van der Waals surface area contributed by atoms with E-state index in [1.54, 1.807) is 0 Å². The van der Waals surface area contributed by atoms with Crippen LogP contribution in [0.3, 0.4) is 0 Å². The maximum atomic E-state index is 10.1. The Balaban J connectivity index is 2.01. The molecule has 0 unspecified atom stereocenters. The molecule has 1 N–H and O–H groups in total. The summed E-state index contributed by atoms with van der Waals surface area (Å²) in [5.74, 6) is 2.22. The van der Waals surface area contributed by atoms with Crippen molar-refractivity contribution in [2.45, 2.75) is 41.0 Å². The second kappa shape index (κ2) is 7.78. The Labute approximate surface area is 159 Å². The minimum atomic E-state index is 0.328. The quantitative estimate of drug-likeness (QED) is 0.691. The molecule has 142 valence electrons. The molecule has 0 bridgehead atoms. The van der Waals surface area contributed by atoms with Gasteiger partial charge in [-0.05, 0) is 69.5 Å². The molecule has 1 aromatic carbocycles. The van der Waals surface area contributed by atoms with Gasteiger partial charge in [-0.2, -0.15) is 4.98 Å². The van der Waals surface area contributed by atoms with Crippen molar-refractivity contribution in [1.82, 2.24) is 15.1 Å². The van der Waals surface area contributed by atoms with Crippen molar-refractivity contribution >= 4 is 5.82 Å². The first-order valence-corrected chi connectivity index (χ1v) is 9.37. The lowest BCUT2D eigenvalue weighted by Gasteiger charge is -2.20. The topological polar surface area (TPSA) is 75.3 Å². The predicted octanol–water partition coefficient (Wildman–Crippen LogP) is 4.53. The van der Waals surface area contributed by atoms with Gasteiger partial charge in [-0.1, -0.05) is 12.1 Å². The molecule has 0 saturated carbocycles. The van der Waals surface area contributed by atoms with Crippen LogP contribution in [-0.2, 0) is 6.42 Å². The molecule has 0 amide bonds. The summed E-state index contributed by atoms with van der Waals surface area (Å²) < 4.78 is 5.52. The molecule has 0 spiro atoms. The highest BCUT2D eigenvalue weighted by Gasteiger charge is 2.16. The molecule has 0 atom stereocenters. The number of phenolic OH excluding ortho intramolecular Hbond substituents is 1. The van der Waals surface area contributed by atoms with Gasteiger partial charge in [0.25, 0.3) is 5.89 Å². The Morgan fingerprint density at radius 1 is 0.963 bits per heavy atom. The molecule has 2 aromatic heterocycles. The summed E-state index contributed by atoms with van der Waals surface area (Å²) in [7, 11) is 0. The molecule has 0 aliphatic carbocycles. The number of benzene rings is 1. The molecule has 3 rings (SSSR count). The highest BCUT2D eigenvalue weighted by Crippen LogP contribution is 2.31. The Hall–Kier alpha value is -2.89. The van der Waals surface area contributed by atoms with E-state index in [2.05, 4.69) is 33.9 Å². The van der Waals surface area contributed by atoms with Crippen LogP contribution < -0.4 is 4.90 Å². The van der Waals surface area contributed by atoms with Crippen molar-refractivity contribution < 1.29 is 9.63 Å². The van der Waals surface area contributed by atoms with Crippen molar-refractivity contribution in [3.05, 3.63) is 41.1 Å². The summed E-state index contributed by atoms with van der Waals surface area (Å²) in [6, 6.07) is 7.72. The monoisotopic (exact) mass is 366 g/mol. The summed E-state index contributed by atoms with van der Waals surface area (Å²) in [5.41, 5.74) is 4.27. The average Bonchev–Trinajstić information content (AvgIpc) is 3.15. The molecule has 0 aliphatic rings. The third-order valence-corrected chi connectivity index (χ3v) is 4.72. The number of phenols is 1. The molecule has 2 heterocycles. The standard InChI is InChI=1S/C21H26N4O2/c1-6-15-11-17(9-13(4)19(15)26)21-23-20(24-27-21)16-10-14(5)22-18(12-16)25(7-2)8-3/h9-12,26H,6-8H2,1-5H3. The van der Waals surface area contributed by atoms with Crippen LogP contribution in [0, 0.1) is 13.8 Å². The van der Waals surface area contributed by atoms with E-state index in [0.29, 0.717) is 17.5 Å². The largest absolute Gasteiger partial charge is 0.507 e. The average molecular weight is 366 g/mol. The van der Waals surface area contributed by atoms with Gasteiger partial charge in [0, 0.05) is 29.9 Å². The first kappa shape index (κ1) is 18.9. The Kier molecular flexibility index (Phi) is 5.44. The lowest BCUT2D eigenvalue weighted by molar-refractivity contribution is 0.432. The van der Waals surface area contributed by atoms with Gasteiger partial charge in [0.05, 0.1) is 0 Å². The van der Waals surface area contributed by atoms with Crippen molar-refractivity contribution in [2.24, 2.45) is 0 Å². The maximum Gasteiger partial charge on any atom is 0.258 e. The van der Waals surface area contributed by atoms with Crippen molar-refractivity contribution in [3.8, 4) is 28.6 Å². The lowest BCUT2D eigenvalue weighted by Crippen LogP contribution is -2.23. The first-order chi connectivity index (χ1) is 13.0. The molecule has 0 fully saturated rings. The number of nitrogens with zero attached hydrogens (tertiary/aromatic N) is 4. The molecule has 0 radical (unpaired) electrons. The van der Waals surface area contributed by atoms with E-state index < -0.39 is 0 Å². The zero-order valence-electron chi connectivity index (χ0n) is 16.6. The van der Waals surface area contributed by atoms with Gasteiger partial charge < -0.3 is 14.5 Å². The van der Waals surface area contributed by atoms with E-state index >= 15 is 0 Å². The van der Waals surface area contributed by atoms with Gasteiger partial charge in [0.2, 0.25) is 5.82 Å². The van der Waals surface area contributed by atoms with E-state index in [0.717, 1.165) is 53.3 Å². The highest BCUT2D eigenvalue weighted by atomic mass is 16.5. The maximum absolute atomic E-state index is 10.1. The Bertz CT molecular complexity index is 945. The van der Waals surface area contributed by atoms with E-state index in [1.807, 2.05) is 45.0 Å². The summed E-state index contributed by atoms with van der Waals surface area (Å²) in [4.78, 5) is 11.4.